The van der Waals surface area contributed by atoms with E-state index < -0.39 is 5.97 Å². The van der Waals surface area contributed by atoms with E-state index in [-0.39, 0.29) is 0 Å². The van der Waals surface area contributed by atoms with E-state index in [4.69, 9.17) is 22.1 Å². The summed E-state index contributed by atoms with van der Waals surface area (Å²) in [5.74, 6) is -0.441. The SMILES string of the molecule is COC(=O)c1cc(N)cc(Cl)c1N1CCc2ccccc21. The third-order valence-electron chi connectivity index (χ3n) is 3.65. The molecule has 0 unspecified atom stereocenters. The van der Waals surface area contributed by atoms with Crippen LogP contribution >= 0.6 is 11.6 Å². The highest BCUT2D eigenvalue weighted by Crippen LogP contribution is 2.41. The average molecular weight is 303 g/mol. The van der Waals surface area contributed by atoms with E-state index in [9.17, 15) is 4.79 Å². The maximum absolute atomic E-state index is 12.0. The molecular weight excluding hydrogens is 288 g/mol. The summed E-state index contributed by atoms with van der Waals surface area (Å²) in [6.45, 7) is 0.771. The van der Waals surface area contributed by atoms with Crippen molar-refractivity contribution in [2.24, 2.45) is 0 Å². The van der Waals surface area contributed by atoms with Crippen LogP contribution in [0.1, 0.15) is 15.9 Å². The molecule has 0 aliphatic carbocycles. The van der Waals surface area contributed by atoms with Gasteiger partial charge in [0.1, 0.15) is 0 Å². The average Bonchev–Trinajstić information content (AvgIpc) is 2.89. The van der Waals surface area contributed by atoms with Crippen molar-refractivity contribution < 1.29 is 9.53 Å². The van der Waals surface area contributed by atoms with Crippen LogP contribution < -0.4 is 10.6 Å². The molecule has 0 saturated heterocycles. The van der Waals surface area contributed by atoms with Crippen molar-refractivity contribution >= 4 is 34.6 Å². The molecule has 108 valence electrons. The molecule has 2 aromatic rings. The first-order valence-corrected chi connectivity index (χ1v) is 7.02. The number of carbonyl (C=O) groups excluding carboxylic acids is 1. The van der Waals surface area contributed by atoms with E-state index in [2.05, 4.69) is 6.07 Å². The molecular formula is C16H15ClN2O2. The maximum Gasteiger partial charge on any atom is 0.340 e. The molecule has 0 saturated carbocycles. The molecule has 0 bridgehead atoms. The molecule has 2 aromatic carbocycles. The van der Waals surface area contributed by atoms with Crippen LogP contribution in [0.5, 0.6) is 0 Å². The lowest BCUT2D eigenvalue weighted by atomic mass is 10.1. The van der Waals surface area contributed by atoms with Crippen LogP contribution in [-0.2, 0) is 11.2 Å². The fraction of sp³-hybridized carbons (Fsp3) is 0.188. The topological polar surface area (TPSA) is 55.6 Å². The van der Waals surface area contributed by atoms with E-state index >= 15 is 0 Å². The number of esters is 1. The molecule has 1 aliphatic heterocycles. The summed E-state index contributed by atoms with van der Waals surface area (Å²) in [7, 11) is 1.35. The van der Waals surface area contributed by atoms with Gasteiger partial charge in [-0.15, -0.1) is 0 Å². The summed E-state index contributed by atoms with van der Waals surface area (Å²) in [5, 5.41) is 0.451. The van der Waals surface area contributed by atoms with Crippen molar-refractivity contribution in [1.82, 2.24) is 0 Å². The minimum atomic E-state index is -0.441. The summed E-state index contributed by atoms with van der Waals surface area (Å²) in [6.07, 6.45) is 0.914. The van der Waals surface area contributed by atoms with Gasteiger partial charge in [-0.1, -0.05) is 29.8 Å². The van der Waals surface area contributed by atoms with Crippen molar-refractivity contribution in [3.05, 3.63) is 52.5 Å². The Balaban J connectivity index is 2.17. The van der Waals surface area contributed by atoms with Gasteiger partial charge in [-0.05, 0) is 30.2 Å². The van der Waals surface area contributed by atoms with Crippen LogP contribution in [0.4, 0.5) is 17.1 Å². The summed E-state index contributed by atoms with van der Waals surface area (Å²) in [5.41, 5.74) is 9.59. The summed E-state index contributed by atoms with van der Waals surface area (Å²) < 4.78 is 4.85. The predicted molar refractivity (Wildman–Crippen MR) is 84.4 cm³/mol. The Morgan fingerprint density at radius 1 is 1.33 bits per heavy atom. The molecule has 5 heteroatoms. The first-order chi connectivity index (χ1) is 10.1. The number of hydrogen-bond acceptors (Lipinski definition) is 4. The second kappa shape index (κ2) is 5.30. The number of benzene rings is 2. The Labute approximate surface area is 128 Å². The first kappa shape index (κ1) is 13.8. The van der Waals surface area contributed by atoms with Crippen LogP contribution in [0.15, 0.2) is 36.4 Å². The largest absolute Gasteiger partial charge is 0.465 e. The fourth-order valence-electron chi connectivity index (χ4n) is 2.73. The zero-order chi connectivity index (χ0) is 15.0. The van der Waals surface area contributed by atoms with Crippen molar-refractivity contribution in [3.63, 3.8) is 0 Å². The van der Waals surface area contributed by atoms with Gasteiger partial charge >= 0.3 is 5.97 Å². The number of nitrogen functional groups attached to an aromatic ring is 1. The third kappa shape index (κ3) is 2.32. The Morgan fingerprint density at radius 3 is 2.86 bits per heavy atom. The Hall–Kier alpha value is -2.20. The highest BCUT2D eigenvalue weighted by Gasteiger charge is 2.27. The molecule has 0 fully saturated rings. The van der Waals surface area contributed by atoms with Crippen LogP contribution in [0, 0.1) is 0 Å². The lowest BCUT2D eigenvalue weighted by Crippen LogP contribution is -2.18. The second-order valence-electron chi connectivity index (χ2n) is 4.92. The van der Waals surface area contributed by atoms with Crippen molar-refractivity contribution in [3.8, 4) is 0 Å². The van der Waals surface area contributed by atoms with E-state index in [0.29, 0.717) is 22.0 Å². The molecule has 4 nitrogen and oxygen atoms in total. The zero-order valence-corrected chi connectivity index (χ0v) is 12.4. The molecule has 2 N–H and O–H groups in total. The molecule has 1 aliphatic rings. The van der Waals surface area contributed by atoms with Gasteiger partial charge in [-0.25, -0.2) is 4.79 Å². The number of anilines is 3. The molecule has 0 spiro atoms. The standard InChI is InChI=1S/C16H15ClN2O2/c1-21-16(20)12-8-11(18)9-13(17)15(12)19-7-6-10-4-2-3-5-14(10)19/h2-5,8-9H,6-7,18H2,1H3. The van der Waals surface area contributed by atoms with Crippen LogP contribution in [0.2, 0.25) is 5.02 Å². The fourth-order valence-corrected chi connectivity index (χ4v) is 3.06. The summed E-state index contributed by atoms with van der Waals surface area (Å²) in [6, 6.07) is 11.3. The summed E-state index contributed by atoms with van der Waals surface area (Å²) >= 11 is 6.35. The van der Waals surface area contributed by atoms with Gasteiger partial charge in [-0.3, -0.25) is 0 Å². The molecule has 0 radical (unpaired) electrons. The van der Waals surface area contributed by atoms with E-state index in [1.807, 2.05) is 23.1 Å². The van der Waals surface area contributed by atoms with Crippen LogP contribution in [0.25, 0.3) is 0 Å². The molecule has 0 amide bonds. The van der Waals surface area contributed by atoms with E-state index in [1.54, 1.807) is 12.1 Å². The number of hydrogen-bond donors (Lipinski definition) is 1. The normalized spacial score (nSPS) is 13.1. The third-order valence-corrected chi connectivity index (χ3v) is 3.94. The Morgan fingerprint density at radius 2 is 2.10 bits per heavy atom. The van der Waals surface area contributed by atoms with Crippen LogP contribution in [-0.4, -0.2) is 19.6 Å². The van der Waals surface area contributed by atoms with E-state index in [1.165, 1.54) is 12.7 Å². The monoisotopic (exact) mass is 302 g/mol. The number of methoxy groups -OCH3 is 1. The number of fused-ring (bicyclic) bond motifs is 1. The maximum atomic E-state index is 12.0. The number of nitrogens with zero attached hydrogens (tertiary/aromatic N) is 1. The number of halogens is 1. The quantitative estimate of drug-likeness (QED) is 0.682. The molecule has 21 heavy (non-hydrogen) atoms. The Bertz CT molecular complexity index is 715. The number of para-hydroxylation sites is 1. The lowest BCUT2D eigenvalue weighted by molar-refractivity contribution is 0.0601. The van der Waals surface area contributed by atoms with Crippen molar-refractivity contribution in [1.29, 1.82) is 0 Å². The van der Waals surface area contributed by atoms with Gasteiger partial charge in [0, 0.05) is 17.9 Å². The van der Waals surface area contributed by atoms with Gasteiger partial charge < -0.3 is 15.4 Å². The smallest absolute Gasteiger partial charge is 0.340 e. The van der Waals surface area contributed by atoms with Gasteiger partial charge in [0.05, 0.1) is 23.4 Å². The Kier molecular flexibility index (Phi) is 3.47. The molecule has 1 heterocycles. The lowest BCUT2D eigenvalue weighted by Gasteiger charge is -2.23. The predicted octanol–water partition coefficient (Wildman–Crippen LogP) is 3.40. The van der Waals surface area contributed by atoms with E-state index in [0.717, 1.165) is 18.7 Å². The van der Waals surface area contributed by atoms with Gasteiger partial charge in [0.2, 0.25) is 0 Å². The van der Waals surface area contributed by atoms with Crippen molar-refractivity contribution in [2.75, 3.05) is 24.3 Å². The van der Waals surface area contributed by atoms with Gasteiger partial charge in [-0.2, -0.15) is 0 Å². The minimum absolute atomic E-state index is 0.388. The highest BCUT2D eigenvalue weighted by atomic mass is 35.5. The number of ether oxygens (including phenoxy) is 1. The van der Waals surface area contributed by atoms with Gasteiger partial charge in [0.25, 0.3) is 0 Å². The molecule has 3 rings (SSSR count). The van der Waals surface area contributed by atoms with Crippen molar-refractivity contribution in [2.45, 2.75) is 6.42 Å². The number of nitrogens with two attached hydrogens (primary N) is 1. The first-order valence-electron chi connectivity index (χ1n) is 6.64. The number of carbonyl (C=O) groups is 1. The second-order valence-corrected chi connectivity index (χ2v) is 5.33. The molecule has 0 atom stereocenters. The molecule has 0 aromatic heterocycles. The highest BCUT2D eigenvalue weighted by molar-refractivity contribution is 6.34. The zero-order valence-electron chi connectivity index (χ0n) is 11.6. The van der Waals surface area contributed by atoms with Gasteiger partial charge in [0.15, 0.2) is 0 Å². The minimum Gasteiger partial charge on any atom is -0.465 e. The number of rotatable bonds is 2. The summed E-state index contributed by atoms with van der Waals surface area (Å²) in [4.78, 5) is 14.1. The van der Waals surface area contributed by atoms with Crippen LogP contribution in [0.3, 0.4) is 0 Å².